The lowest BCUT2D eigenvalue weighted by molar-refractivity contribution is -0.156. The zero-order valence-electron chi connectivity index (χ0n) is 15.3. The molecule has 0 amide bonds. The SMILES string of the molecule is CCC(OCCS)OCC1CCC(COC(CC)OCCS)CC1. The molecule has 0 saturated heterocycles. The van der Waals surface area contributed by atoms with Gasteiger partial charge in [-0.25, -0.2) is 0 Å². The fourth-order valence-corrected chi connectivity index (χ4v) is 3.20. The van der Waals surface area contributed by atoms with Gasteiger partial charge in [-0.15, -0.1) is 0 Å². The fraction of sp³-hybridized carbons (Fsp3) is 1.00. The molecule has 2 unspecified atom stereocenters. The van der Waals surface area contributed by atoms with Crippen LogP contribution in [-0.2, 0) is 18.9 Å². The summed E-state index contributed by atoms with van der Waals surface area (Å²) < 4.78 is 23.1. The minimum Gasteiger partial charge on any atom is -0.352 e. The normalized spacial score (nSPS) is 24.0. The second kappa shape index (κ2) is 14.7. The first-order valence-electron chi connectivity index (χ1n) is 9.41. The van der Waals surface area contributed by atoms with Gasteiger partial charge in [0.2, 0.25) is 0 Å². The maximum Gasteiger partial charge on any atom is 0.157 e. The molecule has 0 spiro atoms. The van der Waals surface area contributed by atoms with E-state index < -0.39 is 0 Å². The van der Waals surface area contributed by atoms with Gasteiger partial charge in [0.25, 0.3) is 0 Å². The van der Waals surface area contributed by atoms with Crippen LogP contribution in [0.25, 0.3) is 0 Å². The van der Waals surface area contributed by atoms with Crippen molar-refractivity contribution in [2.45, 2.75) is 65.0 Å². The summed E-state index contributed by atoms with van der Waals surface area (Å²) >= 11 is 8.34. The lowest BCUT2D eigenvalue weighted by Crippen LogP contribution is -2.27. The van der Waals surface area contributed by atoms with Gasteiger partial charge in [-0.05, 0) is 50.4 Å². The fourth-order valence-electron chi connectivity index (χ4n) is 2.99. The van der Waals surface area contributed by atoms with Crippen LogP contribution in [0.4, 0.5) is 0 Å². The van der Waals surface area contributed by atoms with Crippen LogP contribution in [0.15, 0.2) is 0 Å². The minimum atomic E-state index is -0.0764. The van der Waals surface area contributed by atoms with Gasteiger partial charge in [0.05, 0.1) is 26.4 Å². The van der Waals surface area contributed by atoms with Gasteiger partial charge in [0.15, 0.2) is 12.6 Å². The maximum atomic E-state index is 5.91. The molecule has 0 N–H and O–H groups in total. The van der Waals surface area contributed by atoms with E-state index in [9.17, 15) is 0 Å². The van der Waals surface area contributed by atoms with Gasteiger partial charge in [-0.1, -0.05) is 13.8 Å². The first kappa shape index (κ1) is 22.6. The third-order valence-electron chi connectivity index (χ3n) is 4.46. The average Bonchev–Trinajstić information content (AvgIpc) is 2.63. The van der Waals surface area contributed by atoms with Crippen molar-refractivity contribution in [2.24, 2.45) is 11.8 Å². The molecule has 2 atom stereocenters. The highest BCUT2D eigenvalue weighted by atomic mass is 32.1. The number of hydrogen-bond acceptors (Lipinski definition) is 6. The number of thiol groups is 2. The Balaban J connectivity index is 2.14. The van der Waals surface area contributed by atoms with Crippen LogP contribution in [0.2, 0.25) is 0 Å². The van der Waals surface area contributed by atoms with Crippen molar-refractivity contribution >= 4 is 25.3 Å². The van der Waals surface area contributed by atoms with Crippen molar-refractivity contribution in [1.29, 1.82) is 0 Å². The third kappa shape index (κ3) is 9.88. The Hall–Kier alpha value is 0.540. The van der Waals surface area contributed by atoms with Crippen molar-refractivity contribution < 1.29 is 18.9 Å². The molecule has 1 aliphatic rings. The highest BCUT2D eigenvalue weighted by Gasteiger charge is 2.23. The molecule has 24 heavy (non-hydrogen) atoms. The summed E-state index contributed by atoms with van der Waals surface area (Å²) in [5, 5.41) is 0. The van der Waals surface area contributed by atoms with Gasteiger partial charge in [0.1, 0.15) is 0 Å². The van der Waals surface area contributed by atoms with E-state index in [-0.39, 0.29) is 12.6 Å². The van der Waals surface area contributed by atoms with E-state index in [0.29, 0.717) is 25.0 Å². The Morgan fingerprint density at radius 2 is 1.08 bits per heavy atom. The minimum absolute atomic E-state index is 0.0764. The zero-order chi connectivity index (χ0) is 17.6. The second-order valence-electron chi connectivity index (χ2n) is 6.42. The highest BCUT2D eigenvalue weighted by Crippen LogP contribution is 2.30. The summed E-state index contributed by atoms with van der Waals surface area (Å²) in [5.74, 6) is 2.78. The van der Waals surface area contributed by atoms with Gasteiger partial charge in [0, 0.05) is 11.5 Å². The Bertz CT molecular complexity index is 258. The van der Waals surface area contributed by atoms with Crippen LogP contribution >= 0.6 is 25.3 Å². The molecular weight excluding hydrogens is 344 g/mol. The Morgan fingerprint density at radius 3 is 1.38 bits per heavy atom. The van der Waals surface area contributed by atoms with Crippen LogP contribution < -0.4 is 0 Å². The van der Waals surface area contributed by atoms with E-state index in [2.05, 4.69) is 39.1 Å². The Kier molecular flexibility index (Phi) is 13.8. The van der Waals surface area contributed by atoms with Crippen LogP contribution in [0.5, 0.6) is 0 Å². The van der Waals surface area contributed by atoms with Gasteiger partial charge < -0.3 is 18.9 Å². The summed E-state index contributed by atoms with van der Waals surface area (Å²) in [5.41, 5.74) is 0. The second-order valence-corrected chi connectivity index (χ2v) is 7.31. The summed E-state index contributed by atoms with van der Waals surface area (Å²) in [6, 6.07) is 0. The molecule has 0 heterocycles. The van der Waals surface area contributed by atoms with Crippen molar-refractivity contribution in [2.75, 3.05) is 37.9 Å². The smallest absolute Gasteiger partial charge is 0.157 e. The van der Waals surface area contributed by atoms with E-state index in [4.69, 9.17) is 18.9 Å². The molecule has 0 aromatic heterocycles. The summed E-state index contributed by atoms with van der Waals surface area (Å²) in [4.78, 5) is 0. The van der Waals surface area contributed by atoms with Crippen molar-refractivity contribution in [1.82, 2.24) is 0 Å². The third-order valence-corrected chi connectivity index (χ3v) is 4.82. The standard InChI is InChI=1S/C18H36O4S2/c1-3-17(19-9-11-23)21-13-15-5-7-16(8-6-15)14-22-18(4-2)20-10-12-24/h15-18,23-24H,3-14H2,1-2H3. The highest BCUT2D eigenvalue weighted by molar-refractivity contribution is 7.80. The predicted octanol–water partition coefficient (Wildman–Crippen LogP) is 4.19. The van der Waals surface area contributed by atoms with Gasteiger partial charge in [-0.2, -0.15) is 25.3 Å². The summed E-state index contributed by atoms with van der Waals surface area (Å²) in [7, 11) is 0. The summed E-state index contributed by atoms with van der Waals surface area (Å²) in [6.45, 7) is 7.11. The molecule has 0 radical (unpaired) electrons. The van der Waals surface area contributed by atoms with Gasteiger partial charge >= 0.3 is 0 Å². The monoisotopic (exact) mass is 380 g/mol. The molecule has 0 bridgehead atoms. The molecule has 4 nitrogen and oxygen atoms in total. The summed E-state index contributed by atoms with van der Waals surface area (Å²) in [6.07, 6.45) is 6.48. The van der Waals surface area contributed by atoms with Crippen molar-refractivity contribution in [3.8, 4) is 0 Å². The van der Waals surface area contributed by atoms with E-state index >= 15 is 0 Å². The molecule has 0 aromatic rings. The first-order valence-corrected chi connectivity index (χ1v) is 10.7. The maximum absolute atomic E-state index is 5.91. The number of rotatable bonds is 14. The molecule has 0 aromatic carbocycles. The lowest BCUT2D eigenvalue weighted by atomic mass is 9.83. The van der Waals surface area contributed by atoms with Crippen molar-refractivity contribution in [3.63, 3.8) is 0 Å². The van der Waals surface area contributed by atoms with E-state index in [1.54, 1.807) is 0 Å². The molecule has 1 saturated carbocycles. The molecule has 1 rings (SSSR count). The number of hydrogen-bond donors (Lipinski definition) is 2. The van der Waals surface area contributed by atoms with Crippen LogP contribution in [-0.4, -0.2) is 50.5 Å². The molecule has 1 fully saturated rings. The van der Waals surface area contributed by atoms with Gasteiger partial charge in [-0.3, -0.25) is 0 Å². The topological polar surface area (TPSA) is 36.9 Å². The largest absolute Gasteiger partial charge is 0.352 e. The Morgan fingerprint density at radius 1 is 0.708 bits per heavy atom. The molecule has 144 valence electrons. The Labute approximate surface area is 159 Å². The van der Waals surface area contributed by atoms with Crippen LogP contribution in [0, 0.1) is 11.8 Å². The van der Waals surface area contributed by atoms with E-state index in [1.165, 1.54) is 25.7 Å². The van der Waals surface area contributed by atoms with Crippen molar-refractivity contribution in [3.05, 3.63) is 0 Å². The molecule has 0 aliphatic heterocycles. The molecule has 6 heteroatoms. The van der Waals surface area contributed by atoms with Crippen LogP contribution in [0.3, 0.4) is 0 Å². The molecular formula is C18H36O4S2. The van der Waals surface area contributed by atoms with E-state index in [1.807, 2.05) is 0 Å². The van der Waals surface area contributed by atoms with Crippen LogP contribution in [0.1, 0.15) is 52.4 Å². The first-order chi connectivity index (χ1) is 11.7. The average molecular weight is 381 g/mol. The zero-order valence-corrected chi connectivity index (χ0v) is 17.1. The lowest BCUT2D eigenvalue weighted by Gasteiger charge is -2.30. The number of ether oxygens (including phenoxy) is 4. The van der Waals surface area contributed by atoms with E-state index in [0.717, 1.165) is 37.6 Å². The quantitative estimate of drug-likeness (QED) is 0.350. The predicted molar refractivity (Wildman–Crippen MR) is 105 cm³/mol. The molecule has 1 aliphatic carbocycles.